The van der Waals surface area contributed by atoms with E-state index in [0.717, 1.165) is 5.69 Å². The highest BCUT2D eigenvalue weighted by molar-refractivity contribution is 9.10. The third-order valence-corrected chi connectivity index (χ3v) is 3.67. The maximum absolute atomic E-state index is 11.5. The molecule has 0 saturated heterocycles. The predicted octanol–water partition coefficient (Wildman–Crippen LogP) is 2.41. The average molecular weight is 339 g/mol. The SMILES string of the molecule is Cc1ccc(Oc2nn3c(=O)ccnc3s2)c(Br)n1. The van der Waals surface area contributed by atoms with Crippen molar-refractivity contribution in [2.24, 2.45) is 0 Å². The lowest BCUT2D eigenvalue weighted by Crippen LogP contribution is -2.12. The largest absolute Gasteiger partial charge is 0.427 e. The molecule has 0 unspecified atom stereocenters. The summed E-state index contributed by atoms with van der Waals surface area (Å²) in [5.74, 6) is 0.540. The van der Waals surface area contributed by atoms with Gasteiger partial charge in [0, 0.05) is 18.0 Å². The Bertz CT molecular complexity index is 814. The van der Waals surface area contributed by atoms with Crippen LogP contribution in [-0.4, -0.2) is 19.6 Å². The smallest absolute Gasteiger partial charge is 0.300 e. The molecule has 3 rings (SSSR count). The molecule has 0 N–H and O–H groups in total. The highest BCUT2D eigenvalue weighted by Crippen LogP contribution is 2.30. The van der Waals surface area contributed by atoms with Gasteiger partial charge in [-0.2, -0.15) is 4.52 Å². The second-order valence-electron chi connectivity index (χ2n) is 3.69. The Hall–Kier alpha value is -1.80. The van der Waals surface area contributed by atoms with Gasteiger partial charge in [0.25, 0.3) is 10.8 Å². The maximum Gasteiger partial charge on any atom is 0.300 e. The van der Waals surface area contributed by atoms with Gasteiger partial charge in [-0.3, -0.25) is 4.79 Å². The van der Waals surface area contributed by atoms with Gasteiger partial charge < -0.3 is 4.74 Å². The zero-order valence-electron chi connectivity index (χ0n) is 9.70. The highest BCUT2D eigenvalue weighted by atomic mass is 79.9. The van der Waals surface area contributed by atoms with Crippen molar-refractivity contribution in [2.45, 2.75) is 6.92 Å². The van der Waals surface area contributed by atoms with Crippen molar-refractivity contribution in [1.29, 1.82) is 0 Å². The van der Waals surface area contributed by atoms with E-state index < -0.39 is 0 Å². The van der Waals surface area contributed by atoms with Crippen molar-refractivity contribution in [3.05, 3.63) is 45.0 Å². The topological polar surface area (TPSA) is 69.4 Å². The minimum absolute atomic E-state index is 0.239. The number of halogens is 1. The molecule has 0 aliphatic rings. The number of pyridine rings is 1. The molecule has 6 nitrogen and oxygen atoms in total. The number of hydrogen-bond donors (Lipinski definition) is 0. The first-order valence-electron chi connectivity index (χ1n) is 5.29. The van der Waals surface area contributed by atoms with Crippen LogP contribution in [0.5, 0.6) is 10.9 Å². The van der Waals surface area contributed by atoms with Crippen LogP contribution < -0.4 is 10.3 Å². The molecule has 0 aromatic carbocycles. The first-order valence-corrected chi connectivity index (χ1v) is 6.90. The fraction of sp³-hybridized carbons (Fsp3) is 0.0909. The van der Waals surface area contributed by atoms with Crippen molar-refractivity contribution in [2.75, 3.05) is 0 Å². The number of aryl methyl sites for hydroxylation is 1. The summed E-state index contributed by atoms with van der Waals surface area (Å²) in [7, 11) is 0. The molecule has 0 aliphatic heterocycles. The molecule has 0 amide bonds. The Morgan fingerprint density at radius 3 is 2.95 bits per heavy atom. The molecular weight excluding hydrogens is 332 g/mol. The Kier molecular flexibility index (Phi) is 3.03. The summed E-state index contributed by atoms with van der Waals surface area (Å²) in [6, 6.07) is 4.96. The van der Waals surface area contributed by atoms with Crippen LogP contribution in [0, 0.1) is 6.92 Å². The molecule has 3 heterocycles. The number of nitrogens with zero attached hydrogens (tertiary/aromatic N) is 4. The number of aromatic nitrogens is 4. The van der Waals surface area contributed by atoms with E-state index in [1.54, 1.807) is 6.07 Å². The van der Waals surface area contributed by atoms with E-state index in [1.807, 2.05) is 13.0 Å². The molecule has 8 heteroatoms. The molecule has 0 radical (unpaired) electrons. The van der Waals surface area contributed by atoms with Crippen molar-refractivity contribution < 1.29 is 4.74 Å². The Balaban J connectivity index is 2.01. The molecule has 0 atom stereocenters. The summed E-state index contributed by atoms with van der Waals surface area (Å²) in [5.41, 5.74) is 0.638. The molecule has 0 fully saturated rings. The lowest BCUT2D eigenvalue weighted by molar-refractivity contribution is 0.463. The molecule has 0 bridgehead atoms. The summed E-state index contributed by atoms with van der Waals surface area (Å²) in [5, 5.41) is 4.40. The van der Waals surface area contributed by atoms with Crippen LogP contribution in [0.25, 0.3) is 4.96 Å². The average Bonchev–Trinajstić information content (AvgIpc) is 2.77. The van der Waals surface area contributed by atoms with E-state index in [0.29, 0.717) is 20.5 Å². The van der Waals surface area contributed by atoms with Crippen LogP contribution in [0.4, 0.5) is 0 Å². The van der Waals surface area contributed by atoms with Gasteiger partial charge in [0.2, 0.25) is 4.96 Å². The summed E-state index contributed by atoms with van der Waals surface area (Å²) in [6.45, 7) is 1.88. The lowest BCUT2D eigenvalue weighted by Gasteiger charge is -2.03. The van der Waals surface area contributed by atoms with Crippen molar-refractivity contribution in [3.63, 3.8) is 0 Å². The van der Waals surface area contributed by atoms with Gasteiger partial charge in [-0.25, -0.2) is 9.97 Å². The summed E-state index contributed by atoms with van der Waals surface area (Å²) >= 11 is 4.51. The van der Waals surface area contributed by atoms with Crippen LogP contribution in [0.1, 0.15) is 5.69 Å². The molecular formula is C11H7BrN4O2S. The van der Waals surface area contributed by atoms with Crippen LogP contribution in [0.15, 0.2) is 33.8 Å². The molecule has 19 heavy (non-hydrogen) atoms. The standard InChI is InChI=1S/C11H7BrN4O2S/c1-6-2-3-7(9(12)14-6)18-11-15-16-8(17)4-5-13-10(16)19-11/h2-5H,1H3. The first kappa shape index (κ1) is 12.2. The zero-order valence-corrected chi connectivity index (χ0v) is 12.1. The van der Waals surface area contributed by atoms with Crippen LogP contribution in [-0.2, 0) is 0 Å². The Morgan fingerprint density at radius 2 is 2.21 bits per heavy atom. The second kappa shape index (κ2) is 4.71. The summed E-state index contributed by atoms with van der Waals surface area (Å²) < 4.78 is 7.40. The van der Waals surface area contributed by atoms with E-state index in [2.05, 4.69) is 31.0 Å². The van der Waals surface area contributed by atoms with E-state index >= 15 is 0 Å². The van der Waals surface area contributed by atoms with Crippen LogP contribution in [0.2, 0.25) is 0 Å². The molecule has 3 aromatic heterocycles. The quantitative estimate of drug-likeness (QED) is 0.671. The van der Waals surface area contributed by atoms with Gasteiger partial charge in [-0.15, -0.1) is 5.10 Å². The van der Waals surface area contributed by atoms with E-state index in [1.165, 1.54) is 28.1 Å². The third kappa shape index (κ3) is 2.36. The van der Waals surface area contributed by atoms with Crippen molar-refractivity contribution in [1.82, 2.24) is 19.6 Å². The fourth-order valence-electron chi connectivity index (χ4n) is 1.45. The van der Waals surface area contributed by atoms with Gasteiger partial charge in [-0.05, 0) is 46.3 Å². The highest BCUT2D eigenvalue weighted by Gasteiger charge is 2.10. The monoisotopic (exact) mass is 338 g/mol. The number of fused-ring (bicyclic) bond motifs is 1. The van der Waals surface area contributed by atoms with Gasteiger partial charge in [0.1, 0.15) is 4.60 Å². The molecule has 96 valence electrons. The van der Waals surface area contributed by atoms with Crippen LogP contribution >= 0.6 is 27.3 Å². The normalized spacial score (nSPS) is 10.8. The molecule has 0 aliphatic carbocycles. The molecule has 3 aromatic rings. The minimum Gasteiger partial charge on any atom is -0.427 e. The maximum atomic E-state index is 11.5. The fourth-order valence-corrected chi connectivity index (χ4v) is 2.68. The first-order chi connectivity index (χ1) is 9.13. The lowest BCUT2D eigenvalue weighted by atomic mass is 10.4. The predicted molar refractivity (Wildman–Crippen MR) is 73.9 cm³/mol. The summed E-state index contributed by atoms with van der Waals surface area (Å²) in [6.07, 6.45) is 1.45. The number of hydrogen-bond acceptors (Lipinski definition) is 6. The van der Waals surface area contributed by atoms with E-state index in [4.69, 9.17) is 4.74 Å². The van der Waals surface area contributed by atoms with Gasteiger partial charge in [0.15, 0.2) is 5.75 Å². The number of rotatable bonds is 2. The molecule has 0 saturated carbocycles. The van der Waals surface area contributed by atoms with Gasteiger partial charge in [0.05, 0.1) is 0 Å². The van der Waals surface area contributed by atoms with Gasteiger partial charge >= 0.3 is 0 Å². The summed E-state index contributed by atoms with van der Waals surface area (Å²) in [4.78, 5) is 20.3. The van der Waals surface area contributed by atoms with Crippen molar-refractivity contribution in [3.8, 4) is 10.9 Å². The van der Waals surface area contributed by atoms with E-state index in [9.17, 15) is 4.79 Å². The number of ether oxygens (including phenoxy) is 1. The minimum atomic E-state index is -0.239. The van der Waals surface area contributed by atoms with Crippen molar-refractivity contribution >= 4 is 32.2 Å². The van der Waals surface area contributed by atoms with Gasteiger partial charge in [-0.1, -0.05) is 0 Å². The Labute approximate surface area is 119 Å². The second-order valence-corrected chi connectivity index (χ2v) is 5.36. The zero-order chi connectivity index (χ0) is 13.4. The Morgan fingerprint density at radius 1 is 1.37 bits per heavy atom. The van der Waals surface area contributed by atoms with E-state index in [-0.39, 0.29) is 5.56 Å². The van der Waals surface area contributed by atoms with Crippen LogP contribution in [0.3, 0.4) is 0 Å². The third-order valence-electron chi connectivity index (χ3n) is 2.30. The molecule has 0 spiro atoms.